The van der Waals surface area contributed by atoms with Gasteiger partial charge in [0.15, 0.2) is 0 Å². The number of H-pyrrole nitrogens is 2. The zero-order valence-electron chi connectivity index (χ0n) is 8.97. The van der Waals surface area contributed by atoms with Gasteiger partial charge in [-0.25, -0.2) is 9.97 Å². The van der Waals surface area contributed by atoms with E-state index < -0.39 is 0 Å². The summed E-state index contributed by atoms with van der Waals surface area (Å²) < 4.78 is 0. The molecule has 1 fully saturated rings. The molecular formula is C9H11N7O. The minimum absolute atomic E-state index is 0.173. The van der Waals surface area contributed by atoms with E-state index in [1.54, 1.807) is 0 Å². The Balaban J connectivity index is 1.60. The van der Waals surface area contributed by atoms with Gasteiger partial charge in [-0.05, 0) is 12.8 Å². The summed E-state index contributed by atoms with van der Waals surface area (Å²) >= 11 is 0. The lowest BCUT2D eigenvalue weighted by molar-refractivity contribution is 0.0940. The largest absolute Gasteiger partial charge is 0.342 e. The van der Waals surface area contributed by atoms with Crippen LogP contribution >= 0.6 is 0 Å². The first-order valence-electron chi connectivity index (χ1n) is 5.37. The fraction of sp³-hybridized carbons (Fsp3) is 0.444. The summed E-state index contributed by atoms with van der Waals surface area (Å²) in [5, 5.41) is 15.7. The Bertz CT molecular complexity index is 513. The van der Waals surface area contributed by atoms with Crippen LogP contribution in [0.25, 0.3) is 0 Å². The zero-order valence-corrected chi connectivity index (χ0v) is 8.97. The molecule has 88 valence electrons. The predicted molar refractivity (Wildman–Crippen MR) is 55.9 cm³/mol. The molecule has 0 unspecified atom stereocenters. The standard InChI is InChI=1S/C9H11N7O/c17-9(10-3-6-11-4-12-14-6)8-13-7(15-16-8)5-1-2-5/h4-5H,1-3H2,(H,10,17)(H,11,12,14)(H,13,15,16). The molecule has 1 aliphatic carbocycles. The number of aromatic nitrogens is 6. The first-order chi connectivity index (χ1) is 8.33. The normalized spacial score (nSPS) is 14.8. The second kappa shape index (κ2) is 3.96. The summed E-state index contributed by atoms with van der Waals surface area (Å²) in [6, 6.07) is 0. The Kier molecular flexibility index (Phi) is 2.32. The average molecular weight is 233 g/mol. The Labute approximate surface area is 96.3 Å². The van der Waals surface area contributed by atoms with E-state index in [1.807, 2.05) is 0 Å². The van der Waals surface area contributed by atoms with Gasteiger partial charge in [-0.15, -0.1) is 5.10 Å². The molecular weight excluding hydrogens is 222 g/mol. The summed E-state index contributed by atoms with van der Waals surface area (Å²) in [5.41, 5.74) is 0. The van der Waals surface area contributed by atoms with E-state index in [1.165, 1.54) is 6.33 Å². The van der Waals surface area contributed by atoms with E-state index in [-0.39, 0.29) is 18.3 Å². The summed E-state index contributed by atoms with van der Waals surface area (Å²) in [5.74, 6) is 1.71. The van der Waals surface area contributed by atoms with Crippen molar-refractivity contribution in [2.45, 2.75) is 25.3 Å². The lowest BCUT2D eigenvalue weighted by Crippen LogP contribution is -2.24. The highest BCUT2D eigenvalue weighted by Gasteiger charge is 2.28. The third kappa shape index (κ3) is 2.14. The Morgan fingerprint density at radius 3 is 3.06 bits per heavy atom. The molecule has 0 bridgehead atoms. The van der Waals surface area contributed by atoms with E-state index in [0.29, 0.717) is 11.7 Å². The van der Waals surface area contributed by atoms with Crippen molar-refractivity contribution in [3.05, 3.63) is 23.8 Å². The number of amides is 1. The molecule has 3 rings (SSSR count). The molecule has 0 radical (unpaired) electrons. The van der Waals surface area contributed by atoms with E-state index >= 15 is 0 Å². The summed E-state index contributed by atoms with van der Waals surface area (Å²) in [7, 11) is 0. The van der Waals surface area contributed by atoms with Gasteiger partial charge < -0.3 is 5.32 Å². The fourth-order valence-corrected chi connectivity index (χ4v) is 1.47. The van der Waals surface area contributed by atoms with Gasteiger partial charge in [-0.1, -0.05) is 0 Å². The third-order valence-corrected chi connectivity index (χ3v) is 2.55. The van der Waals surface area contributed by atoms with Crippen molar-refractivity contribution in [2.24, 2.45) is 0 Å². The van der Waals surface area contributed by atoms with Gasteiger partial charge in [0.2, 0.25) is 5.82 Å². The molecule has 0 aliphatic heterocycles. The van der Waals surface area contributed by atoms with Gasteiger partial charge in [-0.2, -0.15) is 5.10 Å². The molecule has 2 heterocycles. The van der Waals surface area contributed by atoms with Crippen molar-refractivity contribution < 1.29 is 4.79 Å². The quantitative estimate of drug-likeness (QED) is 0.673. The van der Waals surface area contributed by atoms with Crippen LogP contribution in [0.3, 0.4) is 0 Å². The van der Waals surface area contributed by atoms with Crippen molar-refractivity contribution in [1.29, 1.82) is 0 Å². The minimum atomic E-state index is -0.315. The van der Waals surface area contributed by atoms with Crippen LogP contribution in [0.2, 0.25) is 0 Å². The van der Waals surface area contributed by atoms with E-state index in [4.69, 9.17) is 0 Å². The predicted octanol–water partition coefficient (Wildman–Crippen LogP) is -0.270. The first kappa shape index (κ1) is 9.94. The molecule has 8 nitrogen and oxygen atoms in total. The molecule has 3 N–H and O–H groups in total. The van der Waals surface area contributed by atoms with Crippen molar-refractivity contribution >= 4 is 5.91 Å². The highest BCUT2D eigenvalue weighted by atomic mass is 16.2. The Hall–Kier alpha value is -2.25. The third-order valence-electron chi connectivity index (χ3n) is 2.55. The van der Waals surface area contributed by atoms with Crippen molar-refractivity contribution in [2.75, 3.05) is 0 Å². The first-order valence-corrected chi connectivity index (χ1v) is 5.37. The second-order valence-electron chi connectivity index (χ2n) is 3.93. The number of hydrogen-bond acceptors (Lipinski definition) is 5. The van der Waals surface area contributed by atoms with Crippen molar-refractivity contribution in [1.82, 2.24) is 35.7 Å². The maximum absolute atomic E-state index is 11.7. The number of rotatable bonds is 4. The molecule has 0 atom stereocenters. The number of nitrogens with zero attached hydrogens (tertiary/aromatic N) is 4. The number of nitrogens with one attached hydrogen (secondary N) is 3. The maximum atomic E-state index is 11.7. The van der Waals surface area contributed by atoms with Crippen LogP contribution in [0.5, 0.6) is 0 Å². The van der Waals surface area contributed by atoms with Crippen LogP contribution in [-0.4, -0.2) is 36.3 Å². The van der Waals surface area contributed by atoms with E-state index in [0.717, 1.165) is 18.7 Å². The molecule has 0 aromatic carbocycles. The van der Waals surface area contributed by atoms with E-state index in [9.17, 15) is 4.79 Å². The number of carbonyl (C=O) groups is 1. The molecule has 2 aromatic rings. The molecule has 1 saturated carbocycles. The van der Waals surface area contributed by atoms with Gasteiger partial charge in [-0.3, -0.25) is 15.0 Å². The van der Waals surface area contributed by atoms with Crippen LogP contribution in [-0.2, 0) is 6.54 Å². The molecule has 17 heavy (non-hydrogen) atoms. The summed E-state index contributed by atoms with van der Waals surface area (Å²) in [4.78, 5) is 19.7. The van der Waals surface area contributed by atoms with Crippen molar-refractivity contribution in [3.63, 3.8) is 0 Å². The molecule has 0 saturated heterocycles. The number of aromatic amines is 2. The van der Waals surface area contributed by atoms with Gasteiger partial charge in [0.1, 0.15) is 18.0 Å². The molecule has 8 heteroatoms. The van der Waals surface area contributed by atoms with E-state index in [2.05, 4.69) is 35.7 Å². The Morgan fingerprint density at radius 2 is 2.35 bits per heavy atom. The second-order valence-corrected chi connectivity index (χ2v) is 3.93. The molecule has 0 spiro atoms. The topological polar surface area (TPSA) is 112 Å². The minimum Gasteiger partial charge on any atom is -0.342 e. The highest BCUT2D eigenvalue weighted by Crippen LogP contribution is 2.37. The molecule has 1 amide bonds. The van der Waals surface area contributed by atoms with Crippen LogP contribution in [0, 0.1) is 0 Å². The summed E-state index contributed by atoms with van der Waals surface area (Å²) in [6.07, 6.45) is 3.63. The van der Waals surface area contributed by atoms with Gasteiger partial charge in [0, 0.05) is 5.92 Å². The average Bonchev–Trinajstić information content (AvgIpc) is 2.88. The number of carbonyl (C=O) groups excluding carboxylic acids is 1. The fourth-order valence-electron chi connectivity index (χ4n) is 1.47. The molecule has 1 aliphatic rings. The summed E-state index contributed by atoms with van der Waals surface area (Å²) in [6.45, 7) is 0.284. The monoisotopic (exact) mass is 233 g/mol. The molecule has 2 aromatic heterocycles. The number of hydrogen-bond donors (Lipinski definition) is 3. The maximum Gasteiger partial charge on any atom is 0.291 e. The van der Waals surface area contributed by atoms with Crippen molar-refractivity contribution in [3.8, 4) is 0 Å². The lowest BCUT2D eigenvalue weighted by Gasteiger charge is -1.97. The zero-order chi connectivity index (χ0) is 11.7. The lowest BCUT2D eigenvalue weighted by atomic mass is 10.4. The SMILES string of the molecule is O=C(NCc1ncn[nH]1)c1n[nH]c(C2CC2)n1. The van der Waals surface area contributed by atoms with Gasteiger partial charge >= 0.3 is 0 Å². The Morgan fingerprint density at radius 1 is 1.47 bits per heavy atom. The van der Waals surface area contributed by atoms with Crippen LogP contribution in [0.4, 0.5) is 0 Å². The van der Waals surface area contributed by atoms with Crippen LogP contribution < -0.4 is 5.32 Å². The van der Waals surface area contributed by atoms with Crippen LogP contribution in [0.15, 0.2) is 6.33 Å². The van der Waals surface area contributed by atoms with Gasteiger partial charge in [0.05, 0.1) is 6.54 Å². The van der Waals surface area contributed by atoms with Crippen LogP contribution in [0.1, 0.15) is 41.0 Å². The smallest absolute Gasteiger partial charge is 0.291 e. The van der Waals surface area contributed by atoms with Gasteiger partial charge in [0.25, 0.3) is 5.91 Å². The highest BCUT2D eigenvalue weighted by molar-refractivity contribution is 5.90.